The van der Waals surface area contributed by atoms with Gasteiger partial charge in [-0.1, -0.05) is 19.9 Å². The van der Waals surface area contributed by atoms with E-state index in [1.165, 1.54) is 14.2 Å². The number of hydrogen-bond acceptors (Lipinski definition) is 4. The molecule has 112 valence electrons. The number of ether oxygens (including phenoxy) is 2. The summed E-state index contributed by atoms with van der Waals surface area (Å²) >= 11 is 0. The second-order valence-electron chi connectivity index (χ2n) is 5.27. The predicted molar refractivity (Wildman–Crippen MR) is 79.3 cm³/mol. The summed E-state index contributed by atoms with van der Waals surface area (Å²) in [5.74, 6) is 0.910. The van der Waals surface area contributed by atoms with Crippen LogP contribution in [-0.4, -0.2) is 32.2 Å². The first-order chi connectivity index (χ1) is 9.39. The van der Waals surface area contributed by atoms with Gasteiger partial charge in [0.2, 0.25) is 0 Å². The van der Waals surface area contributed by atoms with Gasteiger partial charge in [-0.3, -0.25) is 4.79 Å². The molecule has 0 saturated heterocycles. The maximum absolute atomic E-state index is 12.6. The Labute approximate surface area is 120 Å². The lowest BCUT2D eigenvalue weighted by molar-refractivity contribution is 0.0877. The first-order valence-electron chi connectivity index (χ1n) is 6.63. The summed E-state index contributed by atoms with van der Waals surface area (Å²) < 4.78 is 10.5. The SMILES string of the molecule is COc1cccc(OC)c1C(=O)NC(C)(CN)C(C)C. The molecule has 0 aromatic heterocycles. The van der Waals surface area contributed by atoms with Crippen LogP contribution in [0.3, 0.4) is 0 Å². The van der Waals surface area contributed by atoms with Crippen LogP contribution in [0.25, 0.3) is 0 Å². The second-order valence-corrected chi connectivity index (χ2v) is 5.27. The Bertz CT molecular complexity index is 452. The van der Waals surface area contributed by atoms with Gasteiger partial charge in [-0.15, -0.1) is 0 Å². The molecule has 0 spiro atoms. The Morgan fingerprint density at radius 2 is 1.80 bits per heavy atom. The molecule has 0 aliphatic rings. The molecule has 0 fully saturated rings. The van der Waals surface area contributed by atoms with Crippen molar-refractivity contribution in [2.45, 2.75) is 26.3 Å². The number of methoxy groups -OCH3 is 2. The molecule has 1 aromatic rings. The number of benzene rings is 1. The van der Waals surface area contributed by atoms with Crippen LogP contribution in [0, 0.1) is 5.92 Å². The highest BCUT2D eigenvalue weighted by molar-refractivity contribution is 6.00. The molecule has 5 nitrogen and oxygen atoms in total. The van der Waals surface area contributed by atoms with Gasteiger partial charge in [0.1, 0.15) is 17.1 Å². The zero-order chi connectivity index (χ0) is 15.3. The Morgan fingerprint density at radius 1 is 1.30 bits per heavy atom. The van der Waals surface area contributed by atoms with Crippen molar-refractivity contribution in [2.24, 2.45) is 11.7 Å². The average molecular weight is 280 g/mol. The van der Waals surface area contributed by atoms with Crippen LogP contribution in [0.4, 0.5) is 0 Å². The van der Waals surface area contributed by atoms with Gasteiger partial charge < -0.3 is 20.5 Å². The number of hydrogen-bond donors (Lipinski definition) is 2. The smallest absolute Gasteiger partial charge is 0.259 e. The minimum Gasteiger partial charge on any atom is -0.496 e. The summed E-state index contributed by atoms with van der Waals surface area (Å²) in [5.41, 5.74) is 5.70. The normalized spacial score (nSPS) is 13.8. The molecule has 0 radical (unpaired) electrons. The highest BCUT2D eigenvalue weighted by atomic mass is 16.5. The molecule has 3 N–H and O–H groups in total. The number of rotatable bonds is 6. The van der Waals surface area contributed by atoms with Crippen molar-refractivity contribution in [3.8, 4) is 11.5 Å². The predicted octanol–water partition coefficient (Wildman–Crippen LogP) is 1.81. The third kappa shape index (κ3) is 3.22. The van der Waals surface area contributed by atoms with Crippen molar-refractivity contribution >= 4 is 5.91 Å². The largest absolute Gasteiger partial charge is 0.496 e. The summed E-state index contributed by atoms with van der Waals surface area (Å²) in [6, 6.07) is 5.23. The molecule has 0 aliphatic heterocycles. The maximum atomic E-state index is 12.6. The second kappa shape index (κ2) is 6.61. The van der Waals surface area contributed by atoms with Crippen molar-refractivity contribution in [3.63, 3.8) is 0 Å². The molecule has 1 unspecified atom stereocenters. The van der Waals surface area contributed by atoms with Gasteiger partial charge >= 0.3 is 0 Å². The van der Waals surface area contributed by atoms with Crippen LogP contribution in [0.2, 0.25) is 0 Å². The molecular weight excluding hydrogens is 256 g/mol. The number of carbonyl (C=O) groups excluding carboxylic acids is 1. The van der Waals surface area contributed by atoms with Crippen molar-refractivity contribution in [1.29, 1.82) is 0 Å². The fourth-order valence-electron chi connectivity index (χ4n) is 1.83. The fraction of sp³-hybridized carbons (Fsp3) is 0.533. The molecule has 20 heavy (non-hydrogen) atoms. The number of amides is 1. The zero-order valence-corrected chi connectivity index (χ0v) is 12.8. The van der Waals surface area contributed by atoms with Crippen molar-refractivity contribution in [3.05, 3.63) is 23.8 Å². The molecule has 1 rings (SSSR count). The molecule has 5 heteroatoms. The Kier molecular flexibility index (Phi) is 5.39. The highest BCUT2D eigenvalue weighted by Crippen LogP contribution is 2.29. The van der Waals surface area contributed by atoms with Gasteiger partial charge in [0.05, 0.1) is 19.8 Å². The summed E-state index contributed by atoms with van der Waals surface area (Å²) in [6.45, 7) is 6.32. The van der Waals surface area contributed by atoms with Crippen LogP contribution >= 0.6 is 0 Å². The van der Waals surface area contributed by atoms with E-state index in [1.54, 1.807) is 18.2 Å². The highest BCUT2D eigenvalue weighted by Gasteiger charge is 2.31. The van der Waals surface area contributed by atoms with Gasteiger partial charge in [0, 0.05) is 6.54 Å². The van der Waals surface area contributed by atoms with Gasteiger partial charge in [-0.25, -0.2) is 0 Å². The van der Waals surface area contributed by atoms with Crippen LogP contribution in [0.15, 0.2) is 18.2 Å². The lowest BCUT2D eigenvalue weighted by Crippen LogP contribution is -2.55. The Hall–Kier alpha value is -1.75. The molecule has 1 atom stereocenters. The van der Waals surface area contributed by atoms with Crippen LogP contribution in [-0.2, 0) is 0 Å². The van der Waals surface area contributed by atoms with Crippen molar-refractivity contribution < 1.29 is 14.3 Å². The summed E-state index contributed by atoms with van der Waals surface area (Å²) in [4.78, 5) is 12.6. The van der Waals surface area contributed by atoms with Gasteiger partial charge in [-0.2, -0.15) is 0 Å². The summed E-state index contributed by atoms with van der Waals surface area (Å²) in [5, 5.41) is 2.98. The minimum atomic E-state index is -0.483. The van der Waals surface area contributed by atoms with Crippen LogP contribution < -0.4 is 20.5 Å². The zero-order valence-electron chi connectivity index (χ0n) is 12.8. The first kappa shape index (κ1) is 16.3. The standard InChI is InChI=1S/C15H24N2O3/c1-10(2)15(3,9-16)17-14(18)13-11(19-4)7-6-8-12(13)20-5/h6-8,10H,9,16H2,1-5H3,(H,17,18). The average Bonchev–Trinajstić information content (AvgIpc) is 2.45. The van der Waals surface area contributed by atoms with E-state index in [9.17, 15) is 4.79 Å². The molecule has 0 bridgehead atoms. The quantitative estimate of drug-likeness (QED) is 0.833. The Balaban J connectivity index is 3.15. The van der Waals surface area contributed by atoms with E-state index in [-0.39, 0.29) is 11.8 Å². The van der Waals surface area contributed by atoms with Crippen molar-refractivity contribution in [2.75, 3.05) is 20.8 Å². The molecule has 0 heterocycles. The third-order valence-electron chi connectivity index (χ3n) is 3.75. The molecule has 0 saturated carbocycles. The molecule has 1 amide bonds. The van der Waals surface area contributed by atoms with Gasteiger partial charge in [0.15, 0.2) is 0 Å². The monoisotopic (exact) mass is 280 g/mol. The molecule has 1 aromatic carbocycles. The molecular formula is C15H24N2O3. The van der Waals surface area contributed by atoms with E-state index in [0.717, 1.165) is 0 Å². The molecule has 0 aliphatic carbocycles. The number of nitrogens with one attached hydrogen (secondary N) is 1. The van der Waals surface area contributed by atoms with Crippen molar-refractivity contribution in [1.82, 2.24) is 5.32 Å². The first-order valence-corrected chi connectivity index (χ1v) is 6.63. The fourth-order valence-corrected chi connectivity index (χ4v) is 1.83. The minimum absolute atomic E-state index is 0.206. The van der Waals surface area contributed by atoms with Crippen LogP contribution in [0.1, 0.15) is 31.1 Å². The van der Waals surface area contributed by atoms with E-state index in [4.69, 9.17) is 15.2 Å². The topological polar surface area (TPSA) is 73.6 Å². The lowest BCUT2D eigenvalue weighted by atomic mass is 9.88. The number of carbonyl (C=O) groups is 1. The van der Waals surface area contributed by atoms with E-state index < -0.39 is 5.54 Å². The maximum Gasteiger partial charge on any atom is 0.259 e. The summed E-state index contributed by atoms with van der Waals surface area (Å²) in [7, 11) is 3.05. The van der Waals surface area contributed by atoms with Gasteiger partial charge in [-0.05, 0) is 25.0 Å². The van der Waals surface area contributed by atoms with Gasteiger partial charge in [0.25, 0.3) is 5.91 Å². The Morgan fingerprint density at radius 3 is 2.15 bits per heavy atom. The summed E-state index contributed by atoms with van der Waals surface area (Å²) in [6.07, 6.45) is 0. The lowest BCUT2D eigenvalue weighted by Gasteiger charge is -2.33. The van der Waals surface area contributed by atoms with E-state index >= 15 is 0 Å². The number of nitrogens with two attached hydrogens (primary N) is 1. The third-order valence-corrected chi connectivity index (χ3v) is 3.75. The van der Waals surface area contributed by atoms with E-state index in [2.05, 4.69) is 5.32 Å². The van der Waals surface area contributed by atoms with Crippen LogP contribution in [0.5, 0.6) is 11.5 Å². The van der Waals surface area contributed by atoms with E-state index in [0.29, 0.717) is 23.6 Å². The van der Waals surface area contributed by atoms with E-state index in [1.807, 2.05) is 20.8 Å².